The molecule has 1 heterocycles. The van der Waals surface area contributed by atoms with Crippen molar-refractivity contribution in [1.82, 2.24) is 0 Å². The van der Waals surface area contributed by atoms with E-state index in [0.29, 0.717) is 18.1 Å². The van der Waals surface area contributed by atoms with Crippen LogP contribution in [-0.2, 0) is 4.74 Å². The molecule has 9 heavy (non-hydrogen) atoms. The fourth-order valence-electron chi connectivity index (χ4n) is 1.19. The van der Waals surface area contributed by atoms with E-state index in [2.05, 4.69) is 6.92 Å². The van der Waals surface area contributed by atoms with Crippen molar-refractivity contribution in [3.8, 4) is 0 Å². The van der Waals surface area contributed by atoms with Crippen molar-refractivity contribution >= 4 is 11.6 Å². The maximum absolute atomic E-state index is 5.61. The first-order valence-corrected chi connectivity index (χ1v) is 4.11. The first-order chi connectivity index (χ1) is 4.36. The maximum atomic E-state index is 5.61. The minimum absolute atomic E-state index is 0.344. The summed E-state index contributed by atoms with van der Waals surface area (Å²) in [5, 5.41) is 0. The van der Waals surface area contributed by atoms with Crippen molar-refractivity contribution in [2.24, 2.45) is 0 Å². The van der Waals surface area contributed by atoms with E-state index < -0.39 is 0 Å². The van der Waals surface area contributed by atoms with Gasteiger partial charge in [0.15, 0.2) is 0 Å². The standard InChI is InChI=1S/C7H13ClO/c1-2-6-3-4-7(5-8)9-6/h6-7H,2-5H2,1H3/t6-,7+/m0/s1. The van der Waals surface area contributed by atoms with E-state index in [1.165, 1.54) is 6.42 Å². The lowest BCUT2D eigenvalue weighted by atomic mass is 10.2. The van der Waals surface area contributed by atoms with Crippen LogP contribution < -0.4 is 0 Å². The highest BCUT2D eigenvalue weighted by Gasteiger charge is 2.22. The molecular weight excluding hydrogens is 136 g/mol. The molecule has 1 rings (SSSR count). The van der Waals surface area contributed by atoms with Crippen LogP contribution in [0.15, 0.2) is 0 Å². The minimum atomic E-state index is 0.344. The van der Waals surface area contributed by atoms with E-state index >= 15 is 0 Å². The molecule has 0 spiro atoms. The third-order valence-electron chi connectivity index (χ3n) is 1.82. The van der Waals surface area contributed by atoms with Crippen LogP contribution in [-0.4, -0.2) is 18.1 Å². The van der Waals surface area contributed by atoms with E-state index in [-0.39, 0.29) is 0 Å². The molecule has 0 unspecified atom stereocenters. The molecule has 1 fully saturated rings. The molecule has 2 heteroatoms. The maximum Gasteiger partial charge on any atom is 0.0715 e. The van der Waals surface area contributed by atoms with E-state index in [1.807, 2.05) is 0 Å². The Hall–Kier alpha value is 0.250. The molecule has 0 radical (unpaired) electrons. The second-order valence-electron chi connectivity index (χ2n) is 2.52. The lowest BCUT2D eigenvalue weighted by Crippen LogP contribution is -2.10. The molecule has 1 aliphatic heterocycles. The monoisotopic (exact) mass is 148 g/mol. The average molecular weight is 149 g/mol. The molecule has 1 saturated heterocycles. The highest BCUT2D eigenvalue weighted by Crippen LogP contribution is 2.22. The summed E-state index contributed by atoms with van der Waals surface area (Å²) in [5.74, 6) is 0.663. The van der Waals surface area contributed by atoms with Gasteiger partial charge in [0.25, 0.3) is 0 Å². The highest BCUT2D eigenvalue weighted by molar-refractivity contribution is 6.18. The fraction of sp³-hybridized carbons (Fsp3) is 1.00. The number of hydrogen-bond donors (Lipinski definition) is 0. The van der Waals surface area contributed by atoms with Crippen LogP contribution in [0, 0.1) is 0 Å². The second-order valence-corrected chi connectivity index (χ2v) is 2.83. The Kier molecular flexibility index (Phi) is 2.80. The first kappa shape index (κ1) is 7.36. The van der Waals surface area contributed by atoms with Gasteiger partial charge in [-0.25, -0.2) is 0 Å². The summed E-state index contributed by atoms with van der Waals surface area (Å²) >= 11 is 5.61. The van der Waals surface area contributed by atoms with Crippen LogP contribution in [0.3, 0.4) is 0 Å². The molecule has 1 aliphatic rings. The molecule has 0 saturated carbocycles. The van der Waals surface area contributed by atoms with Gasteiger partial charge >= 0.3 is 0 Å². The molecule has 54 valence electrons. The summed E-state index contributed by atoms with van der Waals surface area (Å²) in [6.45, 7) is 2.15. The quantitative estimate of drug-likeness (QED) is 0.546. The summed E-state index contributed by atoms with van der Waals surface area (Å²) < 4.78 is 5.53. The predicted octanol–water partition coefficient (Wildman–Crippen LogP) is 2.18. The number of alkyl halides is 1. The predicted molar refractivity (Wildman–Crippen MR) is 38.9 cm³/mol. The Morgan fingerprint density at radius 2 is 2.11 bits per heavy atom. The Labute approximate surface area is 61.3 Å². The lowest BCUT2D eigenvalue weighted by Gasteiger charge is -2.07. The zero-order chi connectivity index (χ0) is 6.69. The Bertz CT molecular complexity index is 75.0. The van der Waals surface area contributed by atoms with Crippen LogP contribution >= 0.6 is 11.6 Å². The van der Waals surface area contributed by atoms with Crippen molar-refractivity contribution in [1.29, 1.82) is 0 Å². The van der Waals surface area contributed by atoms with Gasteiger partial charge in [-0.2, -0.15) is 0 Å². The van der Waals surface area contributed by atoms with Gasteiger partial charge in [-0.15, -0.1) is 11.6 Å². The first-order valence-electron chi connectivity index (χ1n) is 3.58. The van der Waals surface area contributed by atoms with Crippen molar-refractivity contribution in [3.63, 3.8) is 0 Å². The molecule has 0 amide bonds. The zero-order valence-electron chi connectivity index (χ0n) is 5.77. The van der Waals surface area contributed by atoms with Gasteiger partial charge in [0.05, 0.1) is 12.2 Å². The molecule has 0 aliphatic carbocycles. The molecular formula is C7H13ClO. The van der Waals surface area contributed by atoms with Crippen LogP contribution in [0.5, 0.6) is 0 Å². The van der Waals surface area contributed by atoms with Gasteiger partial charge in [-0.05, 0) is 19.3 Å². The third-order valence-corrected chi connectivity index (χ3v) is 2.17. The van der Waals surface area contributed by atoms with Crippen LogP contribution in [0.1, 0.15) is 26.2 Å². The van der Waals surface area contributed by atoms with Gasteiger partial charge in [-0.3, -0.25) is 0 Å². The van der Waals surface area contributed by atoms with Crippen molar-refractivity contribution in [2.45, 2.75) is 38.4 Å². The summed E-state index contributed by atoms with van der Waals surface area (Å²) in [7, 11) is 0. The summed E-state index contributed by atoms with van der Waals surface area (Å²) in [6.07, 6.45) is 4.33. The van der Waals surface area contributed by atoms with Crippen LogP contribution in [0.25, 0.3) is 0 Å². The highest BCUT2D eigenvalue weighted by atomic mass is 35.5. The Morgan fingerprint density at radius 1 is 1.44 bits per heavy atom. The van der Waals surface area contributed by atoms with Gasteiger partial charge in [0.1, 0.15) is 0 Å². The Morgan fingerprint density at radius 3 is 2.44 bits per heavy atom. The second kappa shape index (κ2) is 3.43. The zero-order valence-corrected chi connectivity index (χ0v) is 6.53. The van der Waals surface area contributed by atoms with Gasteiger partial charge in [-0.1, -0.05) is 6.92 Å². The van der Waals surface area contributed by atoms with Crippen LogP contribution in [0.4, 0.5) is 0 Å². The summed E-state index contributed by atoms with van der Waals surface area (Å²) in [6, 6.07) is 0. The van der Waals surface area contributed by atoms with Crippen molar-refractivity contribution in [2.75, 3.05) is 5.88 Å². The van der Waals surface area contributed by atoms with Crippen LogP contribution in [0.2, 0.25) is 0 Å². The Balaban J connectivity index is 2.20. The van der Waals surface area contributed by atoms with E-state index in [1.54, 1.807) is 0 Å². The van der Waals surface area contributed by atoms with E-state index in [9.17, 15) is 0 Å². The molecule has 0 aromatic heterocycles. The third kappa shape index (κ3) is 1.84. The van der Waals surface area contributed by atoms with Gasteiger partial charge in [0, 0.05) is 5.88 Å². The van der Waals surface area contributed by atoms with Gasteiger partial charge < -0.3 is 4.74 Å². The lowest BCUT2D eigenvalue weighted by molar-refractivity contribution is 0.0558. The largest absolute Gasteiger partial charge is 0.374 e. The van der Waals surface area contributed by atoms with E-state index in [4.69, 9.17) is 16.3 Å². The molecule has 0 N–H and O–H groups in total. The average Bonchev–Trinajstić information content (AvgIpc) is 2.34. The molecule has 0 aromatic rings. The molecule has 1 nitrogen and oxygen atoms in total. The topological polar surface area (TPSA) is 9.23 Å². The number of rotatable bonds is 2. The summed E-state index contributed by atoms with van der Waals surface area (Å²) in [5.41, 5.74) is 0. The molecule has 0 aromatic carbocycles. The smallest absolute Gasteiger partial charge is 0.0715 e. The van der Waals surface area contributed by atoms with E-state index in [0.717, 1.165) is 12.8 Å². The molecule has 2 atom stereocenters. The minimum Gasteiger partial charge on any atom is -0.374 e. The SMILES string of the molecule is CC[C@H]1CC[C@H](CCl)O1. The van der Waals surface area contributed by atoms with Crippen molar-refractivity contribution in [3.05, 3.63) is 0 Å². The number of halogens is 1. The number of hydrogen-bond acceptors (Lipinski definition) is 1. The summed E-state index contributed by atoms with van der Waals surface area (Å²) in [4.78, 5) is 0. The molecule has 0 bridgehead atoms. The van der Waals surface area contributed by atoms with Gasteiger partial charge in [0.2, 0.25) is 0 Å². The number of ether oxygens (including phenoxy) is 1. The normalized spacial score (nSPS) is 35.3. The van der Waals surface area contributed by atoms with Crippen molar-refractivity contribution < 1.29 is 4.74 Å². The fourth-order valence-corrected chi connectivity index (χ4v) is 1.42.